The first kappa shape index (κ1) is 11.0. The quantitative estimate of drug-likeness (QED) is 0.633. The predicted octanol–water partition coefficient (Wildman–Crippen LogP) is 1.67. The second-order valence-electron chi connectivity index (χ2n) is 4.39. The maximum absolute atomic E-state index is 10.6. The fraction of sp³-hybridized carbons (Fsp3) is 0.364. The molecule has 1 fully saturated rings. The van der Waals surface area contributed by atoms with Crippen molar-refractivity contribution in [3.05, 3.63) is 28.3 Å². The lowest BCUT2D eigenvalue weighted by Crippen LogP contribution is -2.38. The van der Waals surface area contributed by atoms with Gasteiger partial charge < -0.3 is 14.8 Å². The summed E-state index contributed by atoms with van der Waals surface area (Å²) in [5.74, 6) is 0. The van der Waals surface area contributed by atoms with Crippen LogP contribution in [0.1, 0.15) is 12.8 Å². The number of benzene rings is 1. The minimum atomic E-state index is -0.469. The van der Waals surface area contributed by atoms with Crippen LogP contribution in [0.2, 0.25) is 0 Å². The lowest BCUT2D eigenvalue weighted by molar-refractivity contribution is -0.384. The van der Waals surface area contributed by atoms with Crippen molar-refractivity contribution >= 4 is 22.8 Å². The fourth-order valence-corrected chi connectivity index (χ4v) is 1.97. The first-order valence-corrected chi connectivity index (χ1v) is 5.61. The molecule has 0 saturated heterocycles. The molecule has 1 aromatic carbocycles. The molecule has 0 radical (unpaired) electrons. The molecular weight excluding hydrogens is 238 g/mol. The summed E-state index contributed by atoms with van der Waals surface area (Å²) in [4.78, 5) is 14.3. The Morgan fingerprint density at radius 3 is 2.94 bits per heavy atom. The number of anilines is 1. The molecule has 2 aromatic rings. The molecule has 1 saturated carbocycles. The van der Waals surface area contributed by atoms with Crippen molar-refractivity contribution in [2.24, 2.45) is 0 Å². The monoisotopic (exact) mass is 249 g/mol. The first-order valence-electron chi connectivity index (χ1n) is 5.61. The number of nitrogens with one attached hydrogen (secondary N) is 1. The molecule has 0 amide bonds. The van der Waals surface area contributed by atoms with Crippen LogP contribution in [0.25, 0.3) is 11.1 Å². The van der Waals surface area contributed by atoms with E-state index in [4.69, 9.17) is 9.52 Å². The Hall–Kier alpha value is -2.15. The van der Waals surface area contributed by atoms with Crippen molar-refractivity contribution < 1.29 is 14.4 Å². The van der Waals surface area contributed by atoms with Crippen molar-refractivity contribution in [3.63, 3.8) is 0 Å². The highest BCUT2D eigenvalue weighted by molar-refractivity contribution is 5.77. The molecule has 94 valence electrons. The summed E-state index contributed by atoms with van der Waals surface area (Å²) < 4.78 is 5.42. The standard InChI is InChI=1S/C11H11N3O4/c15-8-3-6(4-8)12-11-13-9-5-7(14(16)17)1-2-10(9)18-11/h1-2,5-6,8,15H,3-4H2,(H,12,13). The van der Waals surface area contributed by atoms with Gasteiger partial charge in [0.15, 0.2) is 5.58 Å². The number of nitro groups is 1. The third-order valence-electron chi connectivity index (χ3n) is 3.02. The molecule has 2 N–H and O–H groups in total. The lowest BCUT2D eigenvalue weighted by atomic mass is 9.90. The third-order valence-corrected chi connectivity index (χ3v) is 3.02. The zero-order chi connectivity index (χ0) is 12.7. The van der Waals surface area contributed by atoms with E-state index in [9.17, 15) is 10.1 Å². The molecule has 1 aliphatic rings. The SMILES string of the molecule is O=[N+]([O-])c1ccc2oc(NC3CC(O)C3)nc2c1. The summed E-state index contributed by atoms with van der Waals surface area (Å²) >= 11 is 0. The van der Waals surface area contributed by atoms with Crippen molar-refractivity contribution in [1.29, 1.82) is 0 Å². The molecule has 7 nitrogen and oxygen atoms in total. The van der Waals surface area contributed by atoms with Crippen LogP contribution in [0.5, 0.6) is 0 Å². The first-order chi connectivity index (χ1) is 8.61. The number of nitro benzene ring substituents is 1. The molecule has 0 atom stereocenters. The number of oxazole rings is 1. The number of nitrogens with zero attached hydrogens (tertiary/aromatic N) is 2. The maximum Gasteiger partial charge on any atom is 0.295 e. The van der Waals surface area contributed by atoms with Crippen LogP contribution in [0.3, 0.4) is 0 Å². The summed E-state index contributed by atoms with van der Waals surface area (Å²) in [6.07, 6.45) is 1.07. The molecule has 3 rings (SSSR count). The van der Waals surface area contributed by atoms with E-state index in [1.54, 1.807) is 0 Å². The van der Waals surface area contributed by atoms with Gasteiger partial charge in [-0.25, -0.2) is 0 Å². The molecule has 0 spiro atoms. The topological polar surface area (TPSA) is 101 Å². The largest absolute Gasteiger partial charge is 0.424 e. The minimum Gasteiger partial charge on any atom is -0.424 e. The lowest BCUT2D eigenvalue weighted by Gasteiger charge is -2.31. The molecule has 18 heavy (non-hydrogen) atoms. The van der Waals surface area contributed by atoms with E-state index in [1.807, 2.05) is 0 Å². The van der Waals surface area contributed by atoms with E-state index in [-0.39, 0.29) is 17.8 Å². The number of hydrogen-bond donors (Lipinski definition) is 2. The second kappa shape index (κ2) is 3.95. The van der Waals surface area contributed by atoms with Crippen molar-refractivity contribution in [2.45, 2.75) is 25.0 Å². The van der Waals surface area contributed by atoms with Crippen LogP contribution in [0.4, 0.5) is 11.7 Å². The maximum atomic E-state index is 10.6. The highest BCUT2D eigenvalue weighted by Crippen LogP contribution is 2.27. The van der Waals surface area contributed by atoms with Crippen LogP contribution < -0.4 is 5.32 Å². The van der Waals surface area contributed by atoms with Gasteiger partial charge in [0.05, 0.1) is 11.0 Å². The number of aromatic nitrogens is 1. The Bertz CT molecular complexity index is 603. The summed E-state index contributed by atoms with van der Waals surface area (Å²) in [7, 11) is 0. The smallest absolute Gasteiger partial charge is 0.295 e. The van der Waals surface area contributed by atoms with Crippen LogP contribution >= 0.6 is 0 Å². The average molecular weight is 249 g/mol. The highest BCUT2D eigenvalue weighted by Gasteiger charge is 2.28. The molecule has 7 heteroatoms. The van der Waals surface area contributed by atoms with E-state index >= 15 is 0 Å². The number of rotatable bonds is 3. The Morgan fingerprint density at radius 1 is 1.50 bits per heavy atom. The molecule has 1 aromatic heterocycles. The van der Waals surface area contributed by atoms with E-state index in [1.165, 1.54) is 18.2 Å². The van der Waals surface area contributed by atoms with E-state index in [0.29, 0.717) is 30.0 Å². The number of fused-ring (bicyclic) bond motifs is 1. The van der Waals surface area contributed by atoms with E-state index < -0.39 is 4.92 Å². The van der Waals surface area contributed by atoms with Gasteiger partial charge in [0, 0.05) is 18.2 Å². The average Bonchev–Trinajstić information content (AvgIpc) is 2.67. The fourth-order valence-electron chi connectivity index (χ4n) is 1.97. The Balaban J connectivity index is 1.84. The zero-order valence-corrected chi connectivity index (χ0v) is 9.37. The van der Waals surface area contributed by atoms with Gasteiger partial charge in [-0.05, 0) is 18.9 Å². The molecular formula is C11H11N3O4. The summed E-state index contributed by atoms with van der Waals surface area (Å²) in [5, 5.41) is 22.8. The van der Waals surface area contributed by atoms with Crippen LogP contribution in [-0.2, 0) is 0 Å². The van der Waals surface area contributed by atoms with Gasteiger partial charge in [0.1, 0.15) is 5.52 Å². The van der Waals surface area contributed by atoms with Gasteiger partial charge in [0.25, 0.3) is 11.7 Å². The van der Waals surface area contributed by atoms with E-state index in [0.717, 1.165) is 0 Å². The number of aliphatic hydroxyl groups is 1. The van der Waals surface area contributed by atoms with Crippen molar-refractivity contribution in [2.75, 3.05) is 5.32 Å². The predicted molar refractivity (Wildman–Crippen MR) is 63.3 cm³/mol. The van der Waals surface area contributed by atoms with Gasteiger partial charge in [-0.15, -0.1) is 0 Å². The number of aliphatic hydroxyl groups excluding tert-OH is 1. The number of hydrogen-bond acceptors (Lipinski definition) is 6. The zero-order valence-electron chi connectivity index (χ0n) is 9.37. The molecule has 1 heterocycles. The Morgan fingerprint density at radius 2 is 2.28 bits per heavy atom. The number of non-ortho nitro benzene ring substituents is 1. The Labute approximate surface area is 102 Å². The van der Waals surface area contributed by atoms with Gasteiger partial charge in [-0.2, -0.15) is 4.98 Å². The molecule has 0 unspecified atom stereocenters. The van der Waals surface area contributed by atoms with Crippen LogP contribution in [-0.4, -0.2) is 27.2 Å². The molecule has 0 aliphatic heterocycles. The minimum absolute atomic E-state index is 0.0126. The highest BCUT2D eigenvalue weighted by atomic mass is 16.6. The molecule has 1 aliphatic carbocycles. The third kappa shape index (κ3) is 1.88. The molecule has 0 bridgehead atoms. The Kier molecular flexibility index (Phi) is 2.41. The summed E-state index contributed by atoms with van der Waals surface area (Å²) in [6, 6.07) is 4.77. The van der Waals surface area contributed by atoms with Crippen LogP contribution in [0.15, 0.2) is 22.6 Å². The summed E-state index contributed by atoms with van der Waals surface area (Å²) in [5.41, 5.74) is 0.941. The van der Waals surface area contributed by atoms with Crippen molar-refractivity contribution in [3.8, 4) is 0 Å². The second-order valence-corrected chi connectivity index (χ2v) is 4.39. The van der Waals surface area contributed by atoms with Gasteiger partial charge in [0.2, 0.25) is 0 Å². The normalized spacial score (nSPS) is 22.7. The van der Waals surface area contributed by atoms with Crippen LogP contribution in [0, 0.1) is 10.1 Å². The van der Waals surface area contributed by atoms with Gasteiger partial charge >= 0.3 is 0 Å². The van der Waals surface area contributed by atoms with Crippen molar-refractivity contribution in [1.82, 2.24) is 4.98 Å². The van der Waals surface area contributed by atoms with Gasteiger partial charge in [-0.1, -0.05) is 0 Å². The van der Waals surface area contributed by atoms with E-state index in [2.05, 4.69) is 10.3 Å². The van der Waals surface area contributed by atoms with Gasteiger partial charge in [-0.3, -0.25) is 10.1 Å². The summed E-state index contributed by atoms with van der Waals surface area (Å²) in [6.45, 7) is 0.